The Bertz CT molecular complexity index is 949. The van der Waals surface area contributed by atoms with Gasteiger partial charge in [0.15, 0.2) is 0 Å². The highest BCUT2D eigenvalue weighted by molar-refractivity contribution is 6.35. The summed E-state index contributed by atoms with van der Waals surface area (Å²) >= 11 is 12.3. The predicted octanol–water partition coefficient (Wildman–Crippen LogP) is 5.36. The number of likely N-dealkylation sites (tertiary alicyclic amines) is 1. The number of carbonyl (C=O) groups is 2. The Morgan fingerprint density at radius 3 is 2.41 bits per heavy atom. The van der Waals surface area contributed by atoms with Crippen molar-refractivity contribution in [2.45, 2.75) is 32.5 Å². The number of carboxylic acids is 1. The third-order valence-electron chi connectivity index (χ3n) is 4.20. The van der Waals surface area contributed by atoms with Crippen LogP contribution in [0.2, 0.25) is 10.0 Å². The molecule has 3 rings (SSSR count). The fourth-order valence-corrected chi connectivity index (χ4v) is 3.24. The normalized spacial score (nSPS) is 14.3. The number of hydrogen-bond acceptors (Lipinski definition) is 4. The fraction of sp³-hybridized carbons (Fsp3) is 0.333. The van der Waals surface area contributed by atoms with Crippen molar-refractivity contribution in [3.63, 3.8) is 0 Å². The molecule has 6 nitrogen and oxygen atoms in total. The van der Waals surface area contributed by atoms with E-state index >= 15 is 0 Å². The van der Waals surface area contributed by atoms with E-state index in [0.717, 1.165) is 0 Å². The fourth-order valence-electron chi connectivity index (χ4n) is 2.85. The monoisotopic (exact) mass is 437 g/mol. The third kappa shape index (κ3) is 5.34. The van der Waals surface area contributed by atoms with E-state index in [9.17, 15) is 14.7 Å². The quantitative estimate of drug-likeness (QED) is 0.696. The standard InChI is InChI=1S/C21H21Cl2NO5/c1-21(2,3)29-20(27)24-10-16(11-24)28-15-7-12(6-13(8-15)19(25)26)17-9-14(22)4-5-18(17)23/h4-9,16H,10-11H2,1-3H3,(H,25,26). The van der Waals surface area contributed by atoms with Crippen LogP contribution in [0.3, 0.4) is 0 Å². The van der Waals surface area contributed by atoms with Gasteiger partial charge >= 0.3 is 12.1 Å². The Kier molecular flexibility index (Phi) is 5.96. The predicted molar refractivity (Wildman–Crippen MR) is 111 cm³/mol. The lowest BCUT2D eigenvalue weighted by atomic mass is 10.0. The summed E-state index contributed by atoms with van der Waals surface area (Å²) in [5.41, 5.74) is 0.688. The van der Waals surface area contributed by atoms with Crippen molar-refractivity contribution < 1.29 is 24.2 Å². The van der Waals surface area contributed by atoms with Crippen LogP contribution in [0.1, 0.15) is 31.1 Å². The molecule has 1 heterocycles. The minimum atomic E-state index is -1.08. The molecule has 8 heteroatoms. The number of carboxylic acid groups (broad SMARTS) is 1. The van der Waals surface area contributed by atoms with Crippen LogP contribution in [0.15, 0.2) is 36.4 Å². The Morgan fingerprint density at radius 1 is 1.10 bits per heavy atom. The summed E-state index contributed by atoms with van der Waals surface area (Å²) in [6.45, 7) is 6.13. The zero-order chi connectivity index (χ0) is 21.3. The van der Waals surface area contributed by atoms with Crippen molar-refractivity contribution >= 4 is 35.3 Å². The summed E-state index contributed by atoms with van der Waals surface area (Å²) in [4.78, 5) is 25.1. The van der Waals surface area contributed by atoms with Gasteiger partial charge in [0, 0.05) is 15.6 Å². The van der Waals surface area contributed by atoms with Crippen LogP contribution in [0.25, 0.3) is 11.1 Å². The first-order valence-electron chi connectivity index (χ1n) is 9.00. The maximum Gasteiger partial charge on any atom is 0.410 e. The van der Waals surface area contributed by atoms with Crippen molar-refractivity contribution in [2.24, 2.45) is 0 Å². The molecule has 0 bridgehead atoms. The summed E-state index contributed by atoms with van der Waals surface area (Å²) in [5.74, 6) is -0.705. The number of benzene rings is 2. The summed E-state index contributed by atoms with van der Waals surface area (Å²) in [5, 5.41) is 10.4. The molecule has 0 saturated carbocycles. The van der Waals surface area contributed by atoms with Crippen LogP contribution >= 0.6 is 23.2 Å². The molecule has 1 N–H and O–H groups in total. The molecule has 0 atom stereocenters. The summed E-state index contributed by atoms with van der Waals surface area (Å²) in [6.07, 6.45) is -0.655. The molecule has 29 heavy (non-hydrogen) atoms. The van der Waals surface area contributed by atoms with Gasteiger partial charge in [-0.1, -0.05) is 23.2 Å². The van der Waals surface area contributed by atoms with Gasteiger partial charge in [0.1, 0.15) is 17.5 Å². The first kappa shape index (κ1) is 21.3. The second kappa shape index (κ2) is 8.13. The number of carbonyl (C=O) groups excluding carboxylic acids is 1. The minimum Gasteiger partial charge on any atom is -0.487 e. The Morgan fingerprint density at radius 2 is 1.79 bits per heavy atom. The molecular weight excluding hydrogens is 417 g/mol. The Labute approximate surface area is 178 Å². The third-order valence-corrected chi connectivity index (χ3v) is 4.76. The van der Waals surface area contributed by atoms with Gasteiger partial charge in [-0.2, -0.15) is 0 Å². The number of amides is 1. The van der Waals surface area contributed by atoms with Gasteiger partial charge in [0.2, 0.25) is 0 Å². The molecule has 0 spiro atoms. The number of nitrogens with zero attached hydrogens (tertiary/aromatic N) is 1. The van der Waals surface area contributed by atoms with E-state index in [1.54, 1.807) is 45.0 Å². The SMILES string of the molecule is CC(C)(C)OC(=O)N1CC(Oc2cc(C(=O)O)cc(-c3cc(Cl)ccc3Cl)c2)C1. The van der Waals surface area contributed by atoms with Gasteiger partial charge < -0.3 is 19.5 Å². The number of hydrogen-bond donors (Lipinski definition) is 1. The molecule has 0 unspecified atom stereocenters. The van der Waals surface area contributed by atoms with Crippen molar-refractivity contribution in [1.82, 2.24) is 4.90 Å². The first-order valence-corrected chi connectivity index (χ1v) is 9.76. The van der Waals surface area contributed by atoms with Gasteiger partial charge in [0.25, 0.3) is 0 Å². The van der Waals surface area contributed by atoms with Crippen LogP contribution in [-0.2, 0) is 4.74 Å². The average Bonchev–Trinajstić information content (AvgIpc) is 2.57. The van der Waals surface area contributed by atoms with E-state index in [1.807, 2.05) is 0 Å². The highest BCUT2D eigenvalue weighted by Gasteiger charge is 2.35. The Balaban J connectivity index is 1.77. The smallest absolute Gasteiger partial charge is 0.410 e. The number of aromatic carboxylic acids is 1. The zero-order valence-corrected chi connectivity index (χ0v) is 17.8. The highest BCUT2D eigenvalue weighted by Crippen LogP contribution is 2.34. The second-order valence-corrected chi connectivity index (χ2v) is 8.64. The molecule has 1 aliphatic rings. The largest absolute Gasteiger partial charge is 0.487 e. The van der Waals surface area contributed by atoms with Crippen LogP contribution in [0.5, 0.6) is 5.75 Å². The number of rotatable bonds is 4. The summed E-state index contributed by atoms with van der Waals surface area (Å²) < 4.78 is 11.2. The second-order valence-electron chi connectivity index (χ2n) is 7.80. The van der Waals surface area contributed by atoms with Crippen LogP contribution in [0, 0.1) is 0 Å². The highest BCUT2D eigenvalue weighted by atomic mass is 35.5. The maximum atomic E-state index is 12.0. The van der Waals surface area contributed by atoms with Gasteiger partial charge in [0.05, 0.1) is 18.7 Å². The molecule has 0 aromatic heterocycles. The maximum absolute atomic E-state index is 12.0. The molecule has 2 aromatic carbocycles. The number of ether oxygens (including phenoxy) is 2. The van der Waals surface area contributed by atoms with E-state index in [2.05, 4.69) is 0 Å². The van der Waals surface area contributed by atoms with Crippen molar-refractivity contribution in [3.8, 4) is 16.9 Å². The molecule has 2 aromatic rings. The molecule has 1 amide bonds. The van der Waals surface area contributed by atoms with Crippen molar-refractivity contribution in [3.05, 3.63) is 52.0 Å². The van der Waals surface area contributed by atoms with E-state index in [0.29, 0.717) is 40.0 Å². The van der Waals surface area contributed by atoms with Gasteiger partial charge in [-0.25, -0.2) is 9.59 Å². The topological polar surface area (TPSA) is 76.1 Å². The Hall–Kier alpha value is -2.44. The van der Waals surface area contributed by atoms with E-state index in [-0.39, 0.29) is 11.7 Å². The summed E-state index contributed by atoms with van der Waals surface area (Å²) in [6, 6.07) is 9.65. The summed E-state index contributed by atoms with van der Waals surface area (Å²) in [7, 11) is 0. The minimum absolute atomic E-state index is 0.0665. The molecule has 154 valence electrons. The van der Waals surface area contributed by atoms with Crippen LogP contribution in [-0.4, -0.2) is 46.9 Å². The van der Waals surface area contributed by atoms with E-state index in [4.69, 9.17) is 32.7 Å². The van der Waals surface area contributed by atoms with Crippen LogP contribution < -0.4 is 4.74 Å². The average molecular weight is 438 g/mol. The lowest BCUT2D eigenvalue weighted by molar-refractivity contribution is -0.0221. The van der Waals surface area contributed by atoms with Crippen molar-refractivity contribution in [2.75, 3.05) is 13.1 Å². The van der Waals surface area contributed by atoms with Gasteiger partial charge in [-0.3, -0.25) is 0 Å². The molecule has 0 radical (unpaired) electrons. The van der Waals surface area contributed by atoms with Gasteiger partial charge in [-0.05, 0) is 62.7 Å². The molecule has 1 saturated heterocycles. The molecule has 0 aliphatic carbocycles. The molecular formula is C21H21Cl2NO5. The van der Waals surface area contributed by atoms with Gasteiger partial charge in [-0.15, -0.1) is 0 Å². The number of halogens is 2. The first-order chi connectivity index (χ1) is 13.5. The molecule has 1 fully saturated rings. The van der Waals surface area contributed by atoms with E-state index < -0.39 is 17.7 Å². The zero-order valence-electron chi connectivity index (χ0n) is 16.2. The lowest BCUT2D eigenvalue weighted by Gasteiger charge is -2.39. The van der Waals surface area contributed by atoms with E-state index in [1.165, 1.54) is 17.0 Å². The van der Waals surface area contributed by atoms with Crippen molar-refractivity contribution in [1.29, 1.82) is 0 Å². The molecule has 1 aliphatic heterocycles. The van der Waals surface area contributed by atoms with Crippen LogP contribution in [0.4, 0.5) is 4.79 Å². The lowest BCUT2D eigenvalue weighted by Crippen LogP contribution is -2.57.